The number of aliphatic hydroxyl groups is 1. The predicted octanol–water partition coefficient (Wildman–Crippen LogP) is 4.57. The van der Waals surface area contributed by atoms with E-state index in [1.54, 1.807) is 24.4 Å². The zero-order valence-corrected chi connectivity index (χ0v) is 20.5. The van der Waals surface area contributed by atoms with Crippen molar-refractivity contribution in [1.29, 1.82) is 0 Å². The van der Waals surface area contributed by atoms with Crippen molar-refractivity contribution < 1.29 is 19.5 Å². The van der Waals surface area contributed by atoms with Crippen LogP contribution in [0.1, 0.15) is 64.8 Å². The van der Waals surface area contributed by atoms with Gasteiger partial charge in [0.15, 0.2) is 0 Å². The third kappa shape index (κ3) is 5.00. The number of rotatable bonds is 6. The Hall–Kier alpha value is -3.26. The Morgan fingerprint density at radius 2 is 1.75 bits per heavy atom. The highest BCUT2D eigenvalue weighted by Crippen LogP contribution is 2.46. The van der Waals surface area contributed by atoms with Crippen molar-refractivity contribution in [2.45, 2.75) is 56.4 Å². The molecule has 0 unspecified atom stereocenters. The maximum absolute atomic E-state index is 13.9. The van der Waals surface area contributed by atoms with E-state index in [0.29, 0.717) is 47.5 Å². The number of benzene rings is 2. The second kappa shape index (κ2) is 10.8. The quantitative estimate of drug-likeness (QED) is 0.479. The number of fused-ring (bicyclic) bond motifs is 1. The van der Waals surface area contributed by atoms with Crippen LogP contribution in [0.15, 0.2) is 72.9 Å². The molecular weight excluding hydrogens is 478 g/mol. The molecule has 2 atom stereocenters. The Morgan fingerprint density at radius 1 is 1.03 bits per heavy atom. The fraction of sp³-hybridized carbons (Fsp3) is 0.321. The van der Waals surface area contributed by atoms with Gasteiger partial charge in [-0.25, -0.2) is 5.48 Å². The number of hydrogen-bond donors (Lipinski definition) is 2. The van der Waals surface area contributed by atoms with Gasteiger partial charge in [0.2, 0.25) is 0 Å². The molecule has 0 radical (unpaired) electrons. The van der Waals surface area contributed by atoms with E-state index in [9.17, 15) is 14.7 Å². The number of hydrogen-bond acceptors (Lipinski definition) is 5. The summed E-state index contributed by atoms with van der Waals surface area (Å²) in [5, 5.41) is 10.7. The summed E-state index contributed by atoms with van der Waals surface area (Å²) in [5.74, 6) is -1.15. The van der Waals surface area contributed by atoms with Crippen molar-refractivity contribution in [2.75, 3.05) is 0 Å². The lowest BCUT2D eigenvalue weighted by atomic mass is 9.77. The second-order valence-corrected chi connectivity index (χ2v) is 9.75. The van der Waals surface area contributed by atoms with Crippen molar-refractivity contribution in [3.05, 3.63) is 100 Å². The number of nitrogens with one attached hydrogen (secondary N) is 1. The number of carbonyl (C=O) groups excluding carboxylic acids is 2. The minimum atomic E-state index is -0.698. The number of aliphatic hydroxyl groups excluding tert-OH is 1. The molecule has 2 aromatic carbocycles. The molecule has 36 heavy (non-hydrogen) atoms. The van der Waals surface area contributed by atoms with E-state index in [4.69, 9.17) is 16.4 Å². The largest absolute Gasteiger partial charge is 0.393 e. The van der Waals surface area contributed by atoms with Crippen LogP contribution < -0.4 is 5.48 Å². The lowest BCUT2D eigenvalue weighted by Gasteiger charge is -2.47. The van der Waals surface area contributed by atoms with Gasteiger partial charge in [-0.3, -0.25) is 19.4 Å². The van der Waals surface area contributed by atoms with Crippen LogP contribution in [-0.2, 0) is 16.2 Å². The van der Waals surface area contributed by atoms with E-state index in [0.717, 1.165) is 5.56 Å². The van der Waals surface area contributed by atoms with Crippen molar-refractivity contribution in [3.8, 4) is 0 Å². The normalized spacial score (nSPS) is 23.7. The fourth-order valence-electron chi connectivity index (χ4n) is 5.31. The molecule has 3 aromatic rings. The molecular formula is C28H28ClN3O4. The topological polar surface area (TPSA) is 91.8 Å². The number of aromatic nitrogens is 1. The number of carbonyl (C=O) groups is 2. The Bertz CT molecular complexity index is 1210. The molecule has 0 spiro atoms. The van der Waals surface area contributed by atoms with Crippen LogP contribution in [0.2, 0.25) is 5.02 Å². The van der Waals surface area contributed by atoms with Crippen LogP contribution in [0, 0.1) is 0 Å². The lowest BCUT2D eigenvalue weighted by Crippen LogP contribution is -2.52. The summed E-state index contributed by atoms with van der Waals surface area (Å²) < 4.78 is 0. The Kier molecular flexibility index (Phi) is 7.32. The summed E-state index contributed by atoms with van der Waals surface area (Å²) in [6.45, 7) is 0.121. The number of pyridine rings is 1. The van der Waals surface area contributed by atoms with Crippen LogP contribution in [0.25, 0.3) is 0 Å². The van der Waals surface area contributed by atoms with E-state index in [-0.39, 0.29) is 30.6 Å². The van der Waals surface area contributed by atoms with Gasteiger partial charge < -0.3 is 10.0 Å². The average molecular weight is 506 g/mol. The molecule has 1 aliphatic carbocycles. The molecule has 8 heteroatoms. The first-order chi connectivity index (χ1) is 17.5. The maximum atomic E-state index is 13.9. The van der Waals surface area contributed by atoms with E-state index in [1.165, 1.54) is 0 Å². The zero-order chi connectivity index (χ0) is 25.1. The molecule has 0 saturated heterocycles. The first-order valence-corrected chi connectivity index (χ1v) is 12.6. The Labute approximate surface area is 215 Å². The monoisotopic (exact) mass is 505 g/mol. The van der Waals surface area contributed by atoms with Gasteiger partial charge in [-0.05, 0) is 67.1 Å². The van der Waals surface area contributed by atoms with Crippen molar-refractivity contribution in [2.24, 2.45) is 0 Å². The Morgan fingerprint density at radius 3 is 2.47 bits per heavy atom. The van der Waals surface area contributed by atoms with Gasteiger partial charge in [0.05, 0.1) is 23.8 Å². The molecule has 0 bridgehead atoms. The number of hydroxylamine groups is 1. The predicted molar refractivity (Wildman–Crippen MR) is 135 cm³/mol. The molecule has 1 aromatic heterocycles. The van der Waals surface area contributed by atoms with E-state index >= 15 is 0 Å². The minimum absolute atomic E-state index is 0.0975. The highest BCUT2D eigenvalue weighted by molar-refractivity contribution is 6.30. The van der Waals surface area contributed by atoms with Gasteiger partial charge in [0.25, 0.3) is 11.8 Å². The second-order valence-electron chi connectivity index (χ2n) is 9.31. The molecule has 2 heterocycles. The van der Waals surface area contributed by atoms with Crippen molar-refractivity contribution >= 4 is 23.4 Å². The molecule has 5 rings (SSSR count). The Balaban J connectivity index is 1.52. The standard InChI is InChI=1S/C28H28ClN3O4/c29-19-10-8-18(9-11-19)26-25(27(34)31-36-17-20-5-3-4-16-30-20)23-6-1-2-7-24(23)28(35)32(26)21-12-14-22(33)15-13-21/h1-11,16,21-22,25-26,33H,12-15,17H2,(H,31,34)/t21-,22-,25-,26+/m1/s1. The van der Waals surface area contributed by atoms with Crippen LogP contribution in [-0.4, -0.2) is 39.0 Å². The van der Waals surface area contributed by atoms with Gasteiger partial charge >= 0.3 is 0 Å². The molecule has 2 aliphatic rings. The van der Waals surface area contributed by atoms with Gasteiger partial charge in [0.1, 0.15) is 6.61 Å². The fourth-order valence-corrected chi connectivity index (χ4v) is 5.44. The molecule has 2 N–H and O–H groups in total. The van der Waals surface area contributed by atoms with Crippen LogP contribution in [0.5, 0.6) is 0 Å². The highest BCUT2D eigenvalue weighted by atomic mass is 35.5. The maximum Gasteiger partial charge on any atom is 0.254 e. The van der Waals surface area contributed by atoms with Crippen LogP contribution >= 0.6 is 11.6 Å². The molecule has 186 valence electrons. The first kappa shape index (κ1) is 24.4. The van der Waals surface area contributed by atoms with Gasteiger partial charge in [-0.15, -0.1) is 0 Å². The molecule has 1 saturated carbocycles. The average Bonchev–Trinajstić information content (AvgIpc) is 2.90. The number of halogens is 1. The minimum Gasteiger partial charge on any atom is -0.393 e. The summed E-state index contributed by atoms with van der Waals surface area (Å²) in [6.07, 6.45) is 3.88. The van der Waals surface area contributed by atoms with E-state index < -0.39 is 12.0 Å². The third-order valence-electron chi connectivity index (χ3n) is 7.05. The smallest absolute Gasteiger partial charge is 0.254 e. The van der Waals surface area contributed by atoms with Crippen molar-refractivity contribution in [1.82, 2.24) is 15.4 Å². The molecule has 1 fully saturated rings. The van der Waals surface area contributed by atoms with E-state index in [1.807, 2.05) is 53.4 Å². The lowest BCUT2D eigenvalue weighted by molar-refractivity contribution is -0.138. The number of nitrogens with zero attached hydrogens (tertiary/aromatic N) is 2. The van der Waals surface area contributed by atoms with Gasteiger partial charge in [-0.2, -0.15) is 0 Å². The molecule has 2 amide bonds. The van der Waals surface area contributed by atoms with Gasteiger partial charge in [0, 0.05) is 22.8 Å². The van der Waals surface area contributed by atoms with Gasteiger partial charge in [-0.1, -0.05) is 48.0 Å². The van der Waals surface area contributed by atoms with Crippen LogP contribution in [0.4, 0.5) is 0 Å². The number of amides is 2. The summed E-state index contributed by atoms with van der Waals surface area (Å²) in [5.41, 5.74) is 5.30. The molecule has 7 nitrogen and oxygen atoms in total. The third-order valence-corrected chi connectivity index (χ3v) is 7.30. The van der Waals surface area contributed by atoms with E-state index in [2.05, 4.69) is 10.5 Å². The van der Waals surface area contributed by atoms with Crippen molar-refractivity contribution in [3.63, 3.8) is 0 Å². The zero-order valence-electron chi connectivity index (χ0n) is 19.7. The summed E-state index contributed by atoms with van der Waals surface area (Å²) in [6, 6.07) is 19.4. The van der Waals surface area contributed by atoms with Crippen LogP contribution in [0.3, 0.4) is 0 Å². The summed E-state index contributed by atoms with van der Waals surface area (Å²) in [4.78, 5) is 39.2. The summed E-state index contributed by atoms with van der Waals surface area (Å²) in [7, 11) is 0. The summed E-state index contributed by atoms with van der Waals surface area (Å²) >= 11 is 6.17. The SMILES string of the molecule is O=C(NOCc1ccccn1)[C@@H]1c2ccccc2C(=O)N([C@H]2CC[C@H](O)CC2)[C@H]1c1ccc(Cl)cc1. The molecule has 1 aliphatic heterocycles. The highest BCUT2D eigenvalue weighted by Gasteiger charge is 2.47. The first-order valence-electron chi connectivity index (χ1n) is 12.2.